The van der Waals surface area contributed by atoms with E-state index in [1.54, 1.807) is 37.3 Å². The molecule has 146 valence electrons. The molecule has 2 aromatic rings. The van der Waals surface area contributed by atoms with Gasteiger partial charge in [0, 0.05) is 19.2 Å². The molecule has 0 atom stereocenters. The number of hydrogen-bond donors (Lipinski definition) is 2. The molecule has 28 heavy (non-hydrogen) atoms. The van der Waals surface area contributed by atoms with Crippen molar-refractivity contribution in [3.63, 3.8) is 0 Å². The summed E-state index contributed by atoms with van der Waals surface area (Å²) in [6, 6.07) is 4.91. The van der Waals surface area contributed by atoms with Crippen LogP contribution in [0.1, 0.15) is 30.7 Å². The van der Waals surface area contributed by atoms with Crippen molar-refractivity contribution in [2.75, 3.05) is 11.4 Å². The summed E-state index contributed by atoms with van der Waals surface area (Å²) >= 11 is 5.50. The number of rotatable bonds is 4. The Balaban J connectivity index is 1.95. The van der Waals surface area contributed by atoms with Crippen molar-refractivity contribution in [1.82, 2.24) is 14.9 Å². The van der Waals surface area contributed by atoms with Crippen LogP contribution in [0.25, 0.3) is 0 Å². The third-order valence-electron chi connectivity index (χ3n) is 4.73. The fourth-order valence-corrected chi connectivity index (χ4v) is 3.65. The molecule has 0 unspecified atom stereocenters. The van der Waals surface area contributed by atoms with Gasteiger partial charge in [-0.15, -0.1) is 0 Å². The van der Waals surface area contributed by atoms with Crippen molar-refractivity contribution in [1.29, 1.82) is 10.7 Å². The minimum absolute atomic E-state index is 0.0670. The van der Waals surface area contributed by atoms with Crippen LogP contribution in [0.3, 0.4) is 0 Å². The number of nitrogens with one attached hydrogen (secondary N) is 2. The van der Waals surface area contributed by atoms with Gasteiger partial charge in [0.05, 0.1) is 40.4 Å². The Morgan fingerprint density at radius 1 is 1.36 bits per heavy atom. The molecule has 1 aromatic heterocycles. The molecule has 1 aliphatic heterocycles. The van der Waals surface area contributed by atoms with Crippen LogP contribution in [-0.4, -0.2) is 37.9 Å². The summed E-state index contributed by atoms with van der Waals surface area (Å²) in [7, 11) is 0. The van der Waals surface area contributed by atoms with Crippen molar-refractivity contribution in [2.24, 2.45) is 0 Å². The molecular weight excluding hydrogens is 389 g/mol. The molecule has 1 aliphatic rings. The lowest BCUT2D eigenvalue weighted by molar-refractivity contribution is -0.137. The van der Waals surface area contributed by atoms with Gasteiger partial charge in [-0.05, 0) is 44.3 Å². The molecule has 0 aliphatic carbocycles. The lowest BCUT2D eigenvalue weighted by Crippen LogP contribution is -2.44. The zero-order chi connectivity index (χ0) is 20.7. The molecule has 0 amide bonds. The Labute approximate surface area is 165 Å². The number of alkyl halides is 3. The van der Waals surface area contributed by atoms with Crippen molar-refractivity contribution in [2.45, 2.75) is 32.0 Å². The van der Waals surface area contributed by atoms with Crippen LogP contribution in [0.4, 0.5) is 18.9 Å². The standard InChI is InChI=1S/C18H17F3N6S/c1-17(2)15(23)27(16(28)26(17)6-5-12-9-24-10-25-12)13-4-3-11(8-22)14(7-13)18(19,20)21/h3-4,7,9-10,23H,5-6H2,1-2H3,(H,24,25). The van der Waals surface area contributed by atoms with Gasteiger partial charge in [0.15, 0.2) is 5.11 Å². The van der Waals surface area contributed by atoms with Crippen LogP contribution in [0.15, 0.2) is 30.7 Å². The number of H-pyrrole nitrogens is 1. The van der Waals surface area contributed by atoms with Gasteiger partial charge in [-0.1, -0.05) is 0 Å². The fourth-order valence-electron chi connectivity index (χ4n) is 3.13. The summed E-state index contributed by atoms with van der Waals surface area (Å²) in [6.07, 6.45) is -0.799. The molecule has 6 nitrogen and oxygen atoms in total. The van der Waals surface area contributed by atoms with Crippen LogP contribution >= 0.6 is 12.2 Å². The second-order valence-electron chi connectivity index (χ2n) is 6.83. The number of aromatic amines is 1. The maximum Gasteiger partial charge on any atom is 0.417 e. The fraction of sp³-hybridized carbons (Fsp3) is 0.333. The van der Waals surface area contributed by atoms with Crippen LogP contribution < -0.4 is 4.90 Å². The highest BCUT2D eigenvalue weighted by atomic mass is 32.1. The Morgan fingerprint density at radius 2 is 2.07 bits per heavy atom. The third kappa shape index (κ3) is 3.33. The maximum absolute atomic E-state index is 13.3. The summed E-state index contributed by atoms with van der Waals surface area (Å²) in [6.45, 7) is 4.04. The van der Waals surface area contributed by atoms with Gasteiger partial charge in [0.2, 0.25) is 0 Å². The van der Waals surface area contributed by atoms with Crippen molar-refractivity contribution < 1.29 is 13.2 Å². The van der Waals surface area contributed by atoms with Gasteiger partial charge in [0.1, 0.15) is 5.84 Å². The van der Waals surface area contributed by atoms with Gasteiger partial charge in [0.25, 0.3) is 0 Å². The monoisotopic (exact) mass is 406 g/mol. The predicted molar refractivity (Wildman–Crippen MR) is 102 cm³/mol. The minimum atomic E-state index is -4.68. The number of aromatic nitrogens is 2. The van der Waals surface area contributed by atoms with Crippen molar-refractivity contribution in [3.05, 3.63) is 47.5 Å². The average Bonchev–Trinajstić information content (AvgIpc) is 3.19. The number of imidazole rings is 1. The number of anilines is 1. The van der Waals surface area contributed by atoms with Crippen LogP contribution in [0.5, 0.6) is 0 Å². The third-order valence-corrected chi connectivity index (χ3v) is 5.14. The van der Waals surface area contributed by atoms with Gasteiger partial charge < -0.3 is 9.88 Å². The Bertz CT molecular complexity index is 959. The second-order valence-corrected chi connectivity index (χ2v) is 7.19. The number of hydrogen-bond acceptors (Lipinski definition) is 4. The first kappa shape index (κ1) is 19.8. The average molecular weight is 406 g/mol. The summed E-state index contributed by atoms with van der Waals surface area (Å²) in [5, 5.41) is 17.7. The molecular formula is C18H17F3N6S. The van der Waals surface area contributed by atoms with E-state index in [2.05, 4.69) is 9.97 Å². The van der Waals surface area contributed by atoms with Crippen LogP contribution in [0, 0.1) is 16.7 Å². The van der Waals surface area contributed by atoms with E-state index in [1.807, 2.05) is 0 Å². The van der Waals surface area contributed by atoms with E-state index in [0.717, 1.165) is 17.8 Å². The highest BCUT2D eigenvalue weighted by Crippen LogP contribution is 2.37. The first-order valence-corrected chi connectivity index (χ1v) is 8.78. The van der Waals surface area contributed by atoms with E-state index >= 15 is 0 Å². The Morgan fingerprint density at radius 3 is 2.64 bits per heavy atom. The normalized spacial score (nSPS) is 16.6. The maximum atomic E-state index is 13.3. The number of amidine groups is 1. The molecule has 0 saturated carbocycles. The van der Waals surface area contributed by atoms with Gasteiger partial charge in [-0.25, -0.2) is 4.98 Å². The van der Waals surface area contributed by atoms with Crippen molar-refractivity contribution >= 4 is 28.9 Å². The summed E-state index contributed by atoms with van der Waals surface area (Å²) < 4.78 is 40.0. The van der Waals surface area contributed by atoms with Crippen LogP contribution in [0.2, 0.25) is 0 Å². The lowest BCUT2D eigenvalue weighted by atomic mass is 10.0. The van der Waals surface area contributed by atoms with E-state index in [4.69, 9.17) is 22.9 Å². The highest BCUT2D eigenvalue weighted by molar-refractivity contribution is 7.80. The molecule has 0 bridgehead atoms. The summed E-state index contributed by atoms with van der Waals surface area (Å²) in [5.74, 6) is 0.0670. The quantitative estimate of drug-likeness (QED) is 0.757. The first-order chi connectivity index (χ1) is 13.1. The molecule has 2 heterocycles. The molecule has 2 N–H and O–H groups in total. The minimum Gasteiger partial charge on any atom is -0.351 e. The van der Waals surface area contributed by atoms with Crippen LogP contribution in [-0.2, 0) is 12.6 Å². The van der Waals surface area contributed by atoms with Gasteiger partial charge >= 0.3 is 6.18 Å². The molecule has 10 heteroatoms. The summed E-state index contributed by atoms with van der Waals surface area (Å²) in [5.41, 5.74) is -1.39. The zero-order valence-corrected chi connectivity index (χ0v) is 15.9. The Hall–Kier alpha value is -2.93. The lowest BCUT2D eigenvalue weighted by Gasteiger charge is -2.30. The predicted octanol–water partition coefficient (Wildman–Crippen LogP) is 3.71. The SMILES string of the molecule is CC1(C)C(=N)N(c2ccc(C#N)c(C(F)(F)F)c2)C(=S)N1CCc1c[nH]cn1. The van der Waals surface area contributed by atoms with E-state index in [-0.39, 0.29) is 16.6 Å². The second kappa shape index (κ2) is 6.91. The van der Waals surface area contributed by atoms with Crippen molar-refractivity contribution in [3.8, 4) is 6.07 Å². The highest BCUT2D eigenvalue weighted by Gasteiger charge is 2.47. The van der Waals surface area contributed by atoms with Gasteiger partial charge in [-0.3, -0.25) is 10.3 Å². The topological polar surface area (TPSA) is 82.8 Å². The number of thiocarbonyl (C=S) groups is 1. The first-order valence-electron chi connectivity index (χ1n) is 8.37. The largest absolute Gasteiger partial charge is 0.417 e. The molecule has 1 saturated heterocycles. The zero-order valence-electron chi connectivity index (χ0n) is 15.1. The summed E-state index contributed by atoms with van der Waals surface area (Å²) in [4.78, 5) is 10.1. The van der Waals surface area contributed by atoms with E-state index < -0.39 is 22.8 Å². The molecule has 1 fully saturated rings. The smallest absolute Gasteiger partial charge is 0.351 e. The number of nitrogens with zero attached hydrogens (tertiary/aromatic N) is 4. The number of nitriles is 1. The van der Waals surface area contributed by atoms with E-state index in [9.17, 15) is 13.2 Å². The van der Waals surface area contributed by atoms with E-state index in [1.165, 1.54) is 11.0 Å². The van der Waals surface area contributed by atoms with E-state index in [0.29, 0.717) is 13.0 Å². The molecule has 0 spiro atoms. The number of benzene rings is 1. The molecule has 3 rings (SSSR count). The molecule has 1 aromatic carbocycles. The Kier molecular flexibility index (Phi) is 4.89. The molecule has 0 radical (unpaired) electrons. The number of halogens is 3. The van der Waals surface area contributed by atoms with Gasteiger partial charge in [-0.2, -0.15) is 18.4 Å².